The molecule has 4 heteroatoms. The van der Waals surface area contributed by atoms with E-state index in [1.165, 1.54) is 12.8 Å². The van der Waals surface area contributed by atoms with Crippen molar-refractivity contribution in [2.24, 2.45) is 11.7 Å². The van der Waals surface area contributed by atoms with Gasteiger partial charge in [0.2, 0.25) is 5.91 Å². The van der Waals surface area contributed by atoms with E-state index in [0.717, 1.165) is 38.4 Å². The van der Waals surface area contributed by atoms with Crippen molar-refractivity contribution in [1.29, 1.82) is 0 Å². The molecule has 19 heavy (non-hydrogen) atoms. The summed E-state index contributed by atoms with van der Waals surface area (Å²) in [4.78, 5) is 16.8. The number of hydrogen-bond donors (Lipinski definition) is 1. The van der Waals surface area contributed by atoms with E-state index in [1.54, 1.807) is 0 Å². The van der Waals surface area contributed by atoms with Crippen LogP contribution in [0.3, 0.4) is 0 Å². The smallest absolute Gasteiger partial charge is 0.224 e. The number of amides is 1. The van der Waals surface area contributed by atoms with Crippen molar-refractivity contribution < 1.29 is 4.79 Å². The minimum Gasteiger partial charge on any atom is -0.343 e. The predicted molar refractivity (Wildman–Crippen MR) is 77.8 cm³/mol. The lowest BCUT2D eigenvalue weighted by Gasteiger charge is -2.33. The second kappa shape index (κ2) is 6.71. The summed E-state index contributed by atoms with van der Waals surface area (Å²) < 4.78 is 0. The van der Waals surface area contributed by atoms with Crippen molar-refractivity contribution in [3.63, 3.8) is 0 Å². The third-order valence-corrected chi connectivity index (χ3v) is 4.69. The number of piperidine rings is 1. The highest BCUT2D eigenvalue weighted by Gasteiger charge is 2.33. The van der Waals surface area contributed by atoms with Crippen LogP contribution in [-0.4, -0.2) is 54.0 Å². The lowest BCUT2D eigenvalue weighted by Crippen LogP contribution is -2.47. The van der Waals surface area contributed by atoms with Crippen molar-refractivity contribution in [2.75, 3.05) is 26.2 Å². The average Bonchev–Trinajstić information content (AvgIpc) is 2.75. The van der Waals surface area contributed by atoms with Crippen molar-refractivity contribution in [3.8, 4) is 0 Å². The van der Waals surface area contributed by atoms with Gasteiger partial charge in [-0.15, -0.1) is 0 Å². The fourth-order valence-corrected chi connectivity index (χ4v) is 3.65. The van der Waals surface area contributed by atoms with Gasteiger partial charge in [0.15, 0.2) is 0 Å². The number of rotatable bonds is 4. The highest BCUT2D eigenvalue weighted by Crippen LogP contribution is 2.26. The molecule has 0 radical (unpaired) electrons. The topological polar surface area (TPSA) is 49.6 Å². The molecule has 3 unspecified atom stereocenters. The van der Waals surface area contributed by atoms with Gasteiger partial charge < -0.3 is 10.6 Å². The maximum Gasteiger partial charge on any atom is 0.224 e. The van der Waals surface area contributed by atoms with E-state index in [-0.39, 0.29) is 6.04 Å². The Hall–Kier alpha value is -0.610. The van der Waals surface area contributed by atoms with Crippen LogP contribution < -0.4 is 5.73 Å². The molecule has 0 aliphatic carbocycles. The van der Waals surface area contributed by atoms with Crippen LogP contribution in [0.25, 0.3) is 0 Å². The Morgan fingerprint density at radius 3 is 2.47 bits per heavy atom. The molecule has 0 aromatic heterocycles. The van der Waals surface area contributed by atoms with Crippen LogP contribution in [0.2, 0.25) is 0 Å². The van der Waals surface area contributed by atoms with Crippen molar-refractivity contribution in [2.45, 2.75) is 58.0 Å². The van der Waals surface area contributed by atoms with Gasteiger partial charge in [-0.2, -0.15) is 0 Å². The van der Waals surface area contributed by atoms with E-state index in [2.05, 4.69) is 18.7 Å². The van der Waals surface area contributed by atoms with E-state index in [1.807, 2.05) is 4.90 Å². The van der Waals surface area contributed by atoms with Crippen LogP contribution in [0, 0.1) is 5.92 Å². The average molecular weight is 267 g/mol. The van der Waals surface area contributed by atoms with Gasteiger partial charge in [0, 0.05) is 44.7 Å². The predicted octanol–water partition coefficient (Wildman–Crippen LogP) is 1.45. The molecule has 2 aliphatic heterocycles. The van der Waals surface area contributed by atoms with E-state index in [9.17, 15) is 4.79 Å². The first-order chi connectivity index (χ1) is 9.11. The van der Waals surface area contributed by atoms with Crippen LogP contribution in [0.1, 0.15) is 46.0 Å². The van der Waals surface area contributed by atoms with Crippen LogP contribution in [0.5, 0.6) is 0 Å². The van der Waals surface area contributed by atoms with Gasteiger partial charge >= 0.3 is 0 Å². The van der Waals surface area contributed by atoms with E-state index >= 15 is 0 Å². The van der Waals surface area contributed by atoms with Gasteiger partial charge in [-0.1, -0.05) is 6.92 Å². The molecular formula is C15H29N3O. The lowest BCUT2D eigenvalue weighted by atomic mass is 10.1. The number of nitrogens with zero attached hydrogens (tertiary/aromatic N) is 2. The SMILES string of the molecule is CC1CC(C)N(C(CN)CC(=O)N2CCCCC2)C1. The monoisotopic (exact) mass is 267 g/mol. The maximum absolute atomic E-state index is 12.4. The second-order valence-electron chi connectivity index (χ2n) is 6.42. The lowest BCUT2D eigenvalue weighted by molar-refractivity contribution is -0.133. The summed E-state index contributed by atoms with van der Waals surface area (Å²) in [6.07, 6.45) is 5.43. The largest absolute Gasteiger partial charge is 0.343 e. The molecule has 2 aliphatic rings. The van der Waals surface area contributed by atoms with E-state index in [0.29, 0.717) is 24.9 Å². The standard InChI is InChI=1S/C15H29N3O/c1-12-8-13(2)18(11-12)14(10-16)9-15(19)17-6-4-3-5-7-17/h12-14H,3-11,16H2,1-2H3. The Balaban J connectivity index is 1.89. The molecule has 0 aromatic carbocycles. The summed E-state index contributed by atoms with van der Waals surface area (Å²) >= 11 is 0. The molecule has 2 saturated heterocycles. The van der Waals surface area contributed by atoms with Crippen molar-refractivity contribution in [3.05, 3.63) is 0 Å². The van der Waals surface area contributed by atoms with Gasteiger partial charge in [0.05, 0.1) is 0 Å². The molecule has 110 valence electrons. The first-order valence-electron chi connectivity index (χ1n) is 7.85. The Morgan fingerprint density at radius 2 is 1.95 bits per heavy atom. The number of carbonyl (C=O) groups is 1. The minimum atomic E-state index is 0.231. The van der Waals surface area contributed by atoms with Crippen LogP contribution >= 0.6 is 0 Å². The zero-order valence-corrected chi connectivity index (χ0v) is 12.5. The van der Waals surface area contributed by atoms with Gasteiger partial charge in [-0.3, -0.25) is 9.69 Å². The molecule has 0 aromatic rings. The summed E-state index contributed by atoms with van der Waals surface area (Å²) in [6, 6.07) is 0.798. The summed E-state index contributed by atoms with van der Waals surface area (Å²) in [5.74, 6) is 1.04. The third kappa shape index (κ3) is 3.69. The highest BCUT2D eigenvalue weighted by atomic mass is 16.2. The molecule has 0 saturated carbocycles. The molecule has 0 bridgehead atoms. The normalized spacial score (nSPS) is 30.6. The molecule has 2 N–H and O–H groups in total. The van der Waals surface area contributed by atoms with Gasteiger partial charge in [0.1, 0.15) is 0 Å². The van der Waals surface area contributed by atoms with Crippen molar-refractivity contribution >= 4 is 5.91 Å². The summed E-state index contributed by atoms with van der Waals surface area (Å²) in [7, 11) is 0. The quantitative estimate of drug-likeness (QED) is 0.838. The molecule has 0 spiro atoms. The third-order valence-electron chi connectivity index (χ3n) is 4.69. The molecule has 2 rings (SSSR count). The van der Waals surface area contributed by atoms with Crippen LogP contribution in [-0.2, 0) is 4.79 Å². The zero-order chi connectivity index (χ0) is 13.8. The molecule has 1 amide bonds. The van der Waals surface area contributed by atoms with Gasteiger partial charge in [-0.05, 0) is 38.5 Å². The maximum atomic E-state index is 12.4. The Labute approximate surface area is 117 Å². The fourth-order valence-electron chi connectivity index (χ4n) is 3.65. The Kier molecular flexibility index (Phi) is 5.22. The van der Waals surface area contributed by atoms with Gasteiger partial charge in [0.25, 0.3) is 0 Å². The zero-order valence-electron chi connectivity index (χ0n) is 12.5. The van der Waals surface area contributed by atoms with Crippen molar-refractivity contribution in [1.82, 2.24) is 9.80 Å². The molecule has 2 heterocycles. The van der Waals surface area contributed by atoms with Crippen LogP contribution in [0.15, 0.2) is 0 Å². The molecule has 2 fully saturated rings. The van der Waals surface area contributed by atoms with Gasteiger partial charge in [-0.25, -0.2) is 0 Å². The second-order valence-corrected chi connectivity index (χ2v) is 6.42. The first kappa shape index (κ1) is 14.8. The van der Waals surface area contributed by atoms with E-state index < -0.39 is 0 Å². The number of nitrogens with two attached hydrogens (primary N) is 1. The summed E-state index contributed by atoms with van der Waals surface area (Å²) in [6.45, 7) is 8.13. The summed E-state index contributed by atoms with van der Waals surface area (Å²) in [5, 5.41) is 0. The Bertz CT molecular complexity index is 302. The fraction of sp³-hybridized carbons (Fsp3) is 0.933. The van der Waals surface area contributed by atoms with E-state index in [4.69, 9.17) is 5.73 Å². The minimum absolute atomic E-state index is 0.231. The Morgan fingerprint density at radius 1 is 1.26 bits per heavy atom. The summed E-state index contributed by atoms with van der Waals surface area (Å²) in [5.41, 5.74) is 5.93. The number of likely N-dealkylation sites (tertiary alicyclic amines) is 2. The molecule has 4 nitrogen and oxygen atoms in total. The molecule has 3 atom stereocenters. The number of hydrogen-bond acceptors (Lipinski definition) is 3. The molecular weight excluding hydrogens is 238 g/mol. The number of carbonyl (C=O) groups excluding carboxylic acids is 1. The highest BCUT2D eigenvalue weighted by molar-refractivity contribution is 5.77. The first-order valence-corrected chi connectivity index (χ1v) is 7.85. The van der Waals surface area contributed by atoms with Crippen LogP contribution in [0.4, 0.5) is 0 Å².